The number of nitrogens with one attached hydrogen (secondary N) is 1. The molecule has 1 N–H and O–H groups in total. The number of H-pyrrole nitrogens is 1. The summed E-state index contributed by atoms with van der Waals surface area (Å²) in [5.74, 6) is 23.2. The fourth-order valence-electron chi connectivity index (χ4n) is 13.6. The molecule has 4 heteroatoms. The first kappa shape index (κ1) is 56.5. The molecule has 0 aliphatic carbocycles. The number of benzene rings is 8. The number of hydrogen-bond donors (Lipinski definition) is 1. The molecule has 0 atom stereocenters. The van der Waals surface area contributed by atoms with Crippen LogP contribution in [0.15, 0.2) is 115 Å². The second kappa shape index (κ2) is 21.4. The Labute approximate surface area is 475 Å². The standard InChI is InChI=1S/C75H80N2Si2/c1-47(2)78(48(3)4,49(5)6)41-39-66-60-25-21-19-23-58(60)62(33-31-53-27-29-54(46-76)30-28-53)64-35-37-68-72(70(64)66)73-69(77-68)38-36-65-63(34-32-55-43-56(74(13,14)15)45-57(44-55)75(16,17)18)59-24-20-22-26-61(59)67(71(65)73)40-42-79(50(7)8,51(9)10)52(11)12/h19-30,35-38,43-45,47-52,77H,1-18H3. The van der Waals surface area contributed by atoms with Crippen molar-refractivity contribution in [2.75, 3.05) is 0 Å². The van der Waals surface area contributed by atoms with Crippen molar-refractivity contribution in [3.05, 3.63) is 165 Å². The number of fused-ring (bicyclic) bond motifs is 9. The lowest BCUT2D eigenvalue weighted by molar-refractivity contribution is 0.568. The molecular weight excluding hydrogens is 985 g/mol. The Kier molecular flexibility index (Phi) is 15.3. The molecule has 79 heavy (non-hydrogen) atoms. The maximum Gasteiger partial charge on any atom is 0.146 e. The molecule has 0 aliphatic rings. The van der Waals surface area contributed by atoms with Crippen LogP contribution in [0.3, 0.4) is 0 Å². The van der Waals surface area contributed by atoms with E-state index in [0.717, 1.165) is 98.3 Å². The van der Waals surface area contributed by atoms with Crippen molar-refractivity contribution in [1.29, 1.82) is 5.26 Å². The first-order chi connectivity index (χ1) is 37.3. The molecule has 0 unspecified atom stereocenters. The van der Waals surface area contributed by atoms with E-state index in [4.69, 9.17) is 0 Å². The van der Waals surface area contributed by atoms with Gasteiger partial charge in [0.15, 0.2) is 0 Å². The Morgan fingerprint density at radius 2 is 0.696 bits per heavy atom. The van der Waals surface area contributed by atoms with Gasteiger partial charge in [0.1, 0.15) is 16.1 Å². The molecule has 0 radical (unpaired) electrons. The molecule has 8 aromatic carbocycles. The normalized spacial score (nSPS) is 12.4. The van der Waals surface area contributed by atoms with Gasteiger partial charge in [-0.3, -0.25) is 0 Å². The second-order valence-electron chi connectivity index (χ2n) is 26.3. The molecule has 398 valence electrons. The molecule has 1 aromatic heterocycles. The van der Waals surface area contributed by atoms with Crippen LogP contribution in [-0.4, -0.2) is 21.1 Å². The number of rotatable bonds is 6. The fraction of sp³-hybridized carbons (Fsp3) is 0.347. The van der Waals surface area contributed by atoms with E-state index in [1.54, 1.807) is 0 Å². The van der Waals surface area contributed by atoms with Crippen LogP contribution in [0, 0.1) is 57.9 Å². The molecule has 0 saturated carbocycles. The highest BCUT2D eigenvalue weighted by Crippen LogP contribution is 2.47. The van der Waals surface area contributed by atoms with Crippen molar-refractivity contribution >= 4 is 81.0 Å². The van der Waals surface area contributed by atoms with Gasteiger partial charge in [0.25, 0.3) is 0 Å². The molecule has 2 nitrogen and oxygen atoms in total. The molecule has 0 fully saturated rings. The minimum Gasteiger partial charge on any atom is -0.354 e. The minimum absolute atomic E-state index is 0.0483. The molecule has 0 saturated heterocycles. The Balaban J connectivity index is 1.54. The van der Waals surface area contributed by atoms with Crippen molar-refractivity contribution in [1.82, 2.24) is 4.98 Å². The van der Waals surface area contributed by atoms with Crippen LogP contribution in [0.4, 0.5) is 0 Å². The average Bonchev–Trinajstić information content (AvgIpc) is 4.03. The van der Waals surface area contributed by atoms with E-state index in [2.05, 4.69) is 273 Å². The Hall–Kier alpha value is -7.24. The quantitative estimate of drug-likeness (QED) is 0.101. The molecular formula is C75H80N2Si2. The number of nitriles is 1. The molecule has 0 bridgehead atoms. The number of hydrogen-bond acceptors (Lipinski definition) is 1. The molecule has 0 spiro atoms. The molecule has 9 rings (SSSR count). The van der Waals surface area contributed by atoms with Crippen LogP contribution in [0.2, 0.25) is 33.2 Å². The van der Waals surface area contributed by atoms with Crippen LogP contribution in [0.5, 0.6) is 0 Å². The van der Waals surface area contributed by atoms with Gasteiger partial charge in [-0.15, -0.1) is 11.1 Å². The fourth-order valence-corrected chi connectivity index (χ4v) is 24.0. The van der Waals surface area contributed by atoms with E-state index < -0.39 is 16.1 Å². The van der Waals surface area contributed by atoms with Crippen LogP contribution in [-0.2, 0) is 10.8 Å². The summed E-state index contributed by atoms with van der Waals surface area (Å²) in [6.07, 6.45) is 0. The van der Waals surface area contributed by atoms with E-state index in [-0.39, 0.29) is 10.8 Å². The van der Waals surface area contributed by atoms with E-state index in [1.165, 1.54) is 11.1 Å². The van der Waals surface area contributed by atoms with Gasteiger partial charge in [-0.05, 0) is 136 Å². The average molecular weight is 1070 g/mol. The van der Waals surface area contributed by atoms with Gasteiger partial charge in [-0.25, -0.2) is 0 Å². The summed E-state index contributed by atoms with van der Waals surface area (Å²) in [6, 6.07) is 43.6. The zero-order valence-electron chi connectivity index (χ0n) is 50.4. The van der Waals surface area contributed by atoms with Gasteiger partial charge < -0.3 is 4.98 Å². The zero-order chi connectivity index (χ0) is 57.1. The largest absolute Gasteiger partial charge is 0.354 e. The van der Waals surface area contributed by atoms with Gasteiger partial charge in [-0.1, -0.05) is 227 Å². The number of nitrogens with zero attached hydrogens (tertiary/aromatic N) is 1. The maximum absolute atomic E-state index is 9.64. The van der Waals surface area contributed by atoms with Crippen molar-refractivity contribution in [2.45, 2.75) is 169 Å². The number of aromatic amines is 1. The lowest BCUT2D eigenvalue weighted by atomic mass is 9.79. The zero-order valence-corrected chi connectivity index (χ0v) is 52.4. The van der Waals surface area contributed by atoms with Gasteiger partial charge in [-0.2, -0.15) is 5.26 Å². The summed E-state index contributed by atoms with van der Waals surface area (Å²) in [6.45, 7) is 42.6. The second-order valence-corrected chi connectivity index (χ2v) is 37.5. The third-order valence-corrected chi connectivity index (χ3v) is 30.4. The monoisotopic (exact) mass is 1060 g/mol. The highest BCUT2D eigenvalue weighted by atomic mass is 28.3. The number of aromatic nitrogens is 1. The summed E-state index contributed by atoms with van der Waals surface area (Å²) < 4.78 is 0. The first-order valence-electron chi connectivity index (χ1n) is 28.9. The van der Waals surface area contributed by atoms with Crippen LogP contribution >= 0.6 is 0 Å². The van der Waals surface area contributed by atoms with Gasteiger partial charge >= 0.3 is 0 Å². The topological polar surface area (TPSA) is 39.6 Å². The van der Waals surface area contributed by atoms with Crippen LogP contribution < -0.4 is 0 Å². The van der Waals surface area contributed by atoms with Crippen LogP contribution in [0.25, 0.3) is 64.9 Å². The third kappa shape index (κ3) is 10.0. The van der Waals surface area contributed by atoms with E-state index in [9.17, 15) is 5.26 Å². The minimum atomic E-state index is -2.24. The Morgan fingerprint density at radius 1 is 0.354 bits per heavy atom. The lowest BCUT2D eigenvalue weighted by Gasteiger charge is -2.38. The van der Waals surface area contributed by atoms with Crippen molar-refractivity contribution in [3.63, 3.8) is 0 Å². The highest BCUT2D eigenvalue weighted by Gasteiger charge is 2.43. The van der Waals surface area contributed by atoms with Crippen molar-refractivity contribution in [3.8, 4) is 52.7 Å². The summed E-state index contributed by atoms with van der Waals surface area (Å²) in [5, 5.41) is 20.7. The van der Waals surface area contributed by atoms with Crippen LogP contribution in [0.1, 0.15) is 175 Å². The lowest BCUT2D eigenvalue weighted by Crippen LogP contribution is -2.43. The van der Waals surface area contributed by atoms with E-state index in [0.29, 0.717) is 38.8 Å². The van der Waals surface area contributed by atoms with Gasteiger partial charge in [0, 0.05) is 66.0 Å². The predicted molar refractivity (Wildman–Crippen MR) is 349 cm³/mol. The smallest absolute Gasteiger partial charge is 0.146 e. The summed E-state index contributed by atoms with van der Waals surface area (Å²) in [4.78, 5) is 4.00. The van der Waals surface area contributed by atoms with Crippen molar-refractivity contribution < 1.29 is 0 Å². The van der Waals surface area contributed by atoms with E-state index >= 15 is 0 Å². The highest BCUT2D eigenvalue weighted by molar-refractivity contribution is 6.91. The Morgan fingerprint density at radius 3 is 1.04 bits per heavy atom. The molecule has 0 amide bonds. The first-order valence-corrected chi connectivity index (χ1v) is 33.4. The molecule has 1 heterocycles. The van der Waals surface area contributed by atoms with E-state index in [1.807, 2.05) is 24.3 Å². The van der Waals surface area contributed by atoms with Gasteiger partial charge in [0.2, 0.25) is 0 Å². The maximum atomic E-state index is 9.64. The third-order valence-electron chi connectivity index (χ3n) is 17.8. The Bertz CT molecular complexity index is 4120. The molecule has 9 aromatic rings. The predicted octanol–water partition coefficient (Wildman–Crippen LogP) is 20.3. The molecule has 0 aliphatic heterocycles. The van der Waals surface area contributed by atoms with Crippen molar-refractivity contribution in [2.24, 2.45) is 0 Å². The SMILES string of the molecule is CC(C)[Si](C#Cc1c2ccccc2c(C#Cc2ccc(C#N)cc2)c2ccc3[nH]c4ccc5c(C#Cc6cc(C(C)(C)C)cc(C(C)(C)C)c6)c6ccccc6c(C#C[Si](C(C)C)(C(C)C)C(C)C)c5c4c3c12)(C(C)C)C(C)C. The summed E-state index contributed by atoms with van der Waals surface area (Å²) in [5.41, 5.74) is 22.3. The summed E-state index contributed by atoms with van der Waals surface area (Å²) in [7, 11) is -4.47. The van der Waals surface area contributed by atoms with Gasteiger partial charge in [0.05, 0.1) is 11.6 Å². The summed E-state index contributed by atoms with van der Waals surface area (Å²) >= 11 is 0.